The van der Waals surface area contributed by atoms with Gasteiger partial charge in [-0.3, -0.25) is 14.9 Å². The maximum absolute atomic E-state index is 12.3. The Balaban J connectivity index is 1.67. The van der Waals surface area contributed by atoms with Crippen molar-refractivity contribution in [3.05, 3.63) is 85.0 Å². The van der Waals surface area contributed by atoms with Crippen LogP contribution in [0.4, 0.5) is 5.69 Å². The molecule has 0 saturated carbocycles. The predicted octanol–water partition coefficient (Wildman–Crippen LogP) is 4.12. The molecule has 0 aliphatic carbocycles. The molecule has 0 bridgehead atoms. The highest BCUT2D eigenvalue weighted by Gasteiger charge is 2.20. The smallest absolute Gasteiger partial charge is 0.339 e. The van der Waals surface area contributed by atoms with E-state index in [-0.39, 0.29) is 22.2 Å². The van der Waals surface area contributed by atoms with Crippen LogP contribution in [0, 0.1) is 10.1 Å². The normalized spacial score (nSPS) is 11.1. The number of carbonyl (C=O) groups excluding carboxylic acids is 1. The molecule has 150 valence electrons. The fourth-order valence-corrected chi connectivity index (χ4v) is 4.67. The molecule has 1 N–H and O–H groups in total. The lowest BCUT2D eigenvalue weighted by molar-refractivity contribution is -0.385. The first kappa shape index (κ1) is 21.0. The molecular weight excluding hydrogens is 484 g/mol. The van der Waals surface area contributed by atoms with Gasteiger partial charge in [0.15, 0.2) is 0 Å². The highest BCUT2D eigenvalue weighted by atomic mass is 79.9. The number of nitro benzene ring substituents is 1. The van der Waals surface area contributed by atoms with Crippen molar-refractivity contribution in [1.29, 1.82) is 0 Å². The quantitative estimate of drug-likeness (QED) is 0.298. The topological polar surface area (TPSA) is 116 Å². The summed E-state index contributed by atoms with van der Waals surface area (Å²) in [5, 5.41) is 15.5. The third kappa shape index (κ3) is 5.40. The van der Waals surface area contributed by atoms with E-state index in [2.05, 4.69) is 21.2 Å². The molecule has 0 radical (unpaired) electrons. The molecule has 0 spiro atoms. The zero-order valence-electron chi connectivity index (χ0n) is 14.6. The number of thiophene rings is 1. The molecule has 0 fully saturated rings. The van der Waals surface area contributed by atoms with Crippen molar-refractivity contribution < 1.29 is 22.3 Å². The van der Waals surface area contributed by atoms with Crippen molar-refractivity contribution in [3.63, 3.8) is 0 Å². The number of nitro groups is 1. The van der Waals surface area contributed by atoms with E-state index in [1.54, 1.807) is 0 Å². The number of amides is 1. The Morgan fingerprint density at radius 3 is 2.52 bits per heavy atom. The van der Waals surface area contributed by atoms with Gasteiger partial charge in [0.2, 0.25) is 0 Å². The number of carbonyl (C=O) groups is 1. The molecule has 1 heterocycles. The lowest BCUT2D eigenvalue weighted by Crippen LogP contribution is -2.22. The molecule has 11 heteroatoms. The lowest BCUT2D eigenvalue weighted by Gasteiger charge is -2.08. The summed E-state index contributed by atoms with van der Waals surface area (Å²) in [6.45, 7) is 0.370. The Morgan fingerprint density at radius 2 is 1.90 bits per heavy atom. The Kier molecular flexibility index (Phi) is 6.30. The second-order valence-corrected chi connectivity index (χ2v) is 9.19. The first-order chi connectivity index (χ1) is 13.7. The summed E-state index contributed by atoms with van der Waals surface area (Å²) >= 11 is 4.85. The van der Waals surface area contributed by atoms with Crippen molar-refractivity contribution in [2.24, 2.45) is 0 Å². The largest absolute Gasteiger partial charge is 0.379 e. The monoisotopic (exact) mass is 496 g/mol. The molecule has 0 aliphatic heterocycles. The van der Waals surface area contributed by atoms with Crippen LogP contribution in [0.5, 0.6) is 5.75 Å². The molecule has 2 aromatic carbocycles. The van der Waals surface area contributed by atoms with Gasteiger partial charge in [-0.2, -0.15) is 8.42 Å². The molecule has 0 atom stereocenters. The van der Waals surface area contributed by atoms with E-state index in [0.717, 1.165) is 15.4 Å². The molecule has 0 aliphatic rings. The SMILES string of the molecule is O=C(NCc1cc(Br)cs1)c1ccc(OS(=O)(=O)c2cccc([N+](=O)[O-])c2)cc1. The summed E-state index contributed by atoms with van der Waals surface area (Å²) in [5.41, 5.74) is -0.0276. The van der Waals surface area contributed by atoms with Gasteiger partial charge in [0.25, 0.3) is 11.6 Å². The summed E-state index contributed by atoms with van der Waals surface area (Å²) < 4.78 is 30.6. The fraction of sp³-hybridized carbons (Fsp3) is 0.0556. The number of hydrogen-bond acceptors (Lipinski definition) is 7. The highest BCUT2D eigenvalue weighted by molar-refractivity contribution is 9.10. The van der Waals surface area contributed by atoms with Gasteiger partial charge >= 0.3 is 10.1 Å². The lowest BCUT2D eigenvalue weighted by atomic mass is 10.2. The number of hydrogen-bond donors (Lipinski definition) is 1. The molecule has 1 aromatic heterocycles. The standard InChI is InChI=1S/C18H13BrN2O6S2/c19-13-8-16(28-11-13)10-20-18(22)12-4-6-15(7-5-12)27-29(25,26)17-3-1-2-14(9-17)21(23)24/h1-9,11H,10H2,(H,20,22). The maximum Gasteiger partial charge on any atom is 0.339 e. The van der Waals surface area contributed by atoms with Crippen LogP contribution in [0.15, 0.2) is 69.3 Å². The number of nitrogens with zero attached hydrogens (tertiary/aromatic N) is 1. The van der Waals surface area contributed by atoms with Crippen molar-refractivity contribution in [1.82, 2.24) is 5.32 Å². The number of nitrogens with one attached hydrogen (secondary N) is 1. The minimum atomic E-state index is -4.25. The van der Waals surface area contributed by atoms with Gasteiger partial charge in [-0.1, -0.05) is 6.07 Å². The molecule has 8 nitrogen and oxygen atoms in total. The maximum atomic E-state index is 12.3. The number of non-ortho nitro benzene ring substituents is 1. The first-order valence-electron chi connectivity index (χ1n) is 8.05. The molecule has 29 heavy (non-hydrogen) atoms. The van der Waals surface area contributed by atoms with Gasteiger partial charge in [-0.25, -0.2) is 0 Å². The summed E-state index contributed by atoms with van der Waals surface area (Å²) in [6, 6.07) is 12.0. The van der Waals surface area contributed by atoms with E-state index >= 15 is 0 Å². The number of halogens is 1. The van der Waals surface area contributed by atoms with Gasteiger partial charge in [0.05, 0.1) is 11.5 Å². The van der Waals surface area contributed by atoms with Crippen LogP contribution in [-0.4, -0.2) is 19.2 Å². The van der Waals surface area contributed by atoms with E-state index in [4.69, 9.17) is 4.18 Å². The zero-order valence-corrected chi connectivity index (χ0v) is 17.8. The van der Waals surface area contributed by atoms with Crippen molar-refractivity contribution in [3.8, 4) is 5.75 Å². The van der Waals surface area contributed by atoms with Crippen LogP contribution in [0.2, 0.25) is 0 Å². The van der Waals surface area contributed by atoms with Gasteiger partial charge in [0.1, 0.15) is 10.6 Å². The second-order valence-electron chi connectivity index (χ2n) is 5.73. The van der Waals surface area contributed by atoms with Crippen LogP contribution in [0.3, 0.4) is 0 Å². The summed E-state index contributed by atoms with van der Waals surface area (Å²) in [5.74, 6) is -0.335. The van der Waals surface area contributed by atoms with Crippen LogP contribution in [0.25, 0.3) is 0 Å². The van der Waals surface area contributed by atoms with Crippen LogP contribution in [0.1, 0.15) is 15.2 Å². The number of benzene rings is 2. The average molecular weight is 497 g/mol. The number of rotatable bonds is 7. The van der Waals surface area contributed by atoms with Crippen molar-refractivity contribution >= 4 is 49.0 Å². The van der Waals surface area contributed by atoms with Gasteiger partial charge in [-0.05, 0) is 52.3 Å². The molecule has 3 aromatic rings. The molecule has 0 unspecified atom stereocenters. The third-order valence-corrected chi connectivity index (χ3v) is 6.63. The highest BCUT2D eigenvalue weighted by Crippen LogP contribution is 2.23. The van der Waals surface area contributed by atoms with Crippen LogP contribution < -0.4 is 9.50 Å². The predicted molar refractivity (Wildman–Crippen MR) is 111 cm³/mol. The summed E-state index contributed by atoms with van der Waals surface area (Å²) in [6.07, 6.45) is 0. The van der Waals surface area contributed by atoms with E-state index in [0.29, 0.717) is 12.1 Å². The van der Waals surface area contributed by atoms with E-state index in [9.17, 15) is 23.3 Å². The average Bonchev–Trinajstić information content (AvgIpc) is 3.11. The Morgan fingerprint density at radius 1 is 1.17 bits per heavy atom. The minimum Gasteiger partial charge on any atom is -0.379 e. The Hall–Kier alpha value is -2.76. The molecular formula is C18H13BrN2O6S2. The Bertz CT molecular complexity index is 1160. The van der Waals surface area contributed by atoms with E-state index in [1.165, 1.54) is 53.8 Å². The van der Waals surface area contributed by atoms with E-state index in [1.807, 2.05) is 11.4 Å². The Labute approximate surface area is 178 Å². The zero-order chi connectivity index (χ0) is 21.0. The van der Waals surface area contributed by atoms with Crippen LogP contribution >= 0.6 is 27.3 Å². The third-order valence-electron chi connectivity index (χ3n) is 3.68. The van der Waals surface area contributed by atoms with Gasteiger partial charge in [-0.15, -0.1) is 11.3 Å². The van der Waals surface area contributed by atoms with Gasteiger partial charge in [0, 0.05) is 32.4 Å². The fourth-order valence-electron chi connectivity index (χ4n) is 2.31. The first-order valence-corrected chi connectivity index (χ1v) is 11.1. The van der Waals surface area contributed by atoms with Crippen LogP contribution in [-0.2, 0) is 16.7 Å². The van der Waals surface area contributed by atoms with Crippen molar-refractivity contribution in [2.75, 3.05) is 0 Å². The van der Waals surface area contributed by atoms with Gasteiger partial charge < -0.3 is 9.50 Å². The molecule has 0 saturated heterocycles. The molecule has 3 rings (SSSR count). The second kappa shape index (κ2) is 8.72. The molecule has 1 amide bonds. The summed E-state index contributed by atoms with van der Waals surface area (Å²) in [7, 11) is -4.25. The minimum absolute atomic E-state index is 0.0183. The van der Waals surface area contributed by atoms with E-state index < -0.39 is 15.0 Å². The van der Waals surface area contributed by atoms with Crippen molar-refractivity contribution in [2.45, 2.75) is 11.4 Å². The summed E-state index contributed by atoms with van der Waals surface area (Å²) in [4.78, 5) is 23.0.